The van der Waals surface area contributed by atoms with Gasteiger partial charge in [-0.25, -0.2) is 4.90 Å². The molecule has 2 atom stereocenters. The van der Waals surface area contributed by atoms with Crippen molar-refractivity contribution in [2.24, 2.45) is 11.8 Å². The zero-order valence-electron chi connectivity index (χ0n) is 16.2. The highest BCUT2D eigenvalue weighted by Crippen LogP contribution is 2.42. The third kappa shape index (κ3) is 3.92. The fourth-order valence-corrected chi connectivity index (χ4v) is 4.51. The molecule has 162 valence electrons. The van der Waals surface area contributed by atoms with Crippen molar-refractivity contribution in [1.29, 1.82) is 0 Å². The highest BCUT2D eigenvalue weighted by molar-refractivity contribution is 6.40. The number of hydrogen-bond acceptors (Lipinski definition) is 3. The van der Waals surface area contributed by atoms with Crippen molar-refractivity contribution in [3.63, 3.8) is 0 Å². The minimum absolute atomic E-state index is 0.0170. The van der Waals surface area contributed by atoms with Crippen LogP contribution in [0.3, 0.4) is 0 Å². The lowest BCUT2D eigenvalue weighted by Crippen LogP contribution is -2.39. The van der Waals surface area contributed by atoms with E-state index < -0.39 is 35.7 Å². The van der Waals surface area contributed by atoms with Gasteiger partial charge < -0.3 is 5.32 Å². The molecule has 3 amide bonds. The minimum Gasteiger partial charge on any atom is -0.326 e. The fraction of sp³-hybridized carbons (Fsp3) is 0.318. The van der Waals surface area contributed by atoms with Gasteiger partial charge in [-0.15, -0.1) is 0 Å². The molecule has 0 aromatic heterocycles. The van der Waals surface area contributed by atoms with Crippen LogP contribution in [0.25, 0.3) is 0 Å². The highest BCUT2D eigenvalue weighted by Gasteiger charge is 2.48. The number of alkyl halides is 3. The van der Waals surface area contributed by atoms with Crippen molar-refractivity contribution in [3.8, 4) is 0 Å². The summed E-state index contributed by atoms with van der Waals surface area (Å²) in [7, 11) is 0. The Morgan fingerprint density at radius 2 is 1.61 bits per heavy atom. The number of carbonyl (C=O) groups is 3. The molecule has 31 heavy (non-hydrogen) atoms. The first-order chi connectivity index (χ1) is 14.7. The van der Waals surface area contributed by atoms with E-state index in [4.69, 9.17) is 11.6 Å². The number of amides is 3. The summed E-state index contributed by atoms with van der Waals surface area (Å²) in [6.07, 6.45) is -3.34. The van der Waals surface area contributed by atoms with E-state index in [1.165, 1.54) is 18.2 Å². The van der Waals surface area contributed by atoms with Crippen LogP contribution in [0.15, 0.2) is 42.5 Å². The van der Waals surface area contributed by atoms with Crippen molar-refractivity contribution < 1.29 is 27.6 Å². The number of anilines is 2. The van der Waals surface area contributed by atoms with Gasteiger partial charge in [-0.1, -0.05) is 36.6 Å². The largest absolute Gasteiger partial charge is 0.392 e. The van der Waals surface area contributed by atoms with Crippen LogP contribution in [0.1, 0.15) is 46.4 Å². The SMILES string of the molecule is O=C(Nc1ccc(N2C(=O)c3ccccc3C2=O)c(Cl)c1)C1CCCCC1C(F)(F)F. The monoisotopic (exact) mass is 450 g/mol. The molecule has 0 bridgehead atoms. The van der Waals surface area contributed by atoms with Gasteiger partial charge in [0.15, 0.2) is 0 Å². The summed E-state index contributed by atoms with van der Waals surface area (Å²) in [6.45, 7) is 0. The van der Waals surface area contributed by atoms with Crippen LogP contribution in [0, 0.1) is 11.8 Å². The smallest absolute Gasteiger partial charge is 0.326 e. The summed E-state index contributed by atoms with van der Waals surface area (Å²) < 4.78 is 39.9. The van der Waals surface area contributed by atoms with Crippen LogP contribution in [0.4, 0.5) is 24.5 Å². The van der Waals surface area contributed by atoms with Crippen LogP contribution < -0.4 is 10.2 Å². The maximum absolute atomic E-state index is 13.3. The van der Waals surface area contributed by atoms with E-state index in [0.29, 0.717) is 12.8 Å². The van der Waals surface area contributed by atoms with Crippen molar-refractivity contribution in [1.82, 2.24) is 0 Å². The van der Waals surface area contributed by atoms with Gasteiger partial charge in [0, 0.05) is 11.6 Å². The van der Waals surface area contributed by atoms with Crippen molar-refractivity contribution in [2.75, 3.05) is 10.2 Å². The van der Waals surface area contributed by atoms with E-state index in [1.807, 2.05) is 0 Å². The number of carbonyl (C=O) groups excluding carboxylic acids is 3. The normalized spacial score (nSPS) is 21.2. The molecule has 1 N–H and O–H groups in total. The molecule has 1 aliphatic carbocycles. The average Bonchev–Trinajstić information content (AvgIpc) is 2.98. The number of halogens is 4. The second kappa shape index (κ2) is 8.00. The Balaban J connectivity index is 1.54. The van der Waals surface area contributed by atoms with E-state index in [9.17, 15) is 27.6 Å². The maximum Gasteiger partial charge on any atom is 0.392 e. The van der Waals surface area contributed by atoms with Gasteiger partial charge >= 0.3 is 6.18 Å². The molecular weight excluding hydrogens is 433 g/mol. The lowest BCUT2D eigenvalue weighted by atomic mass is 9.78. The Morgan fingerprint density at radius 1 is 1.00 bits per heavy atom. The zero-order valence-corrected chi connectivity index (χ0v) is 17.0. The lowest BCUT2D eigenvalue weighted by Gasteiger charge is -2.32. The number of benzene rings is 2. The Kier molecular flexibility index (Phi) is 5.51. The third-order valence-electron chi connectivity index (χ3n) is 5.77. The van der Waals surface area contributed by atoms with Crippen LogP contribution in [0.2, 0.25) is 5.02 Å². The highest BCUT2D eigenvalue weighted by atomic mass is 35.5. The molecule has 2 aromatic rings. The summed E-state index contributed by atoms with van der Waals surface area (Å²) >= 11 is 6.28. The van der Waals surface area contributed by atoms with E-state index in [1.54, 1.807) is 24.3 Å². The Bertz CT molecular complexity index is 1040. The number of nitrogens with one attached hydrogen (secondary N) is 1. The number of imide groups is 1. The quantitative estimate of drug-likeness (QED) is 0.632. The summed E-state index contributed by atoms with van der Waals surface area (Å²) in [4.78, 5) is 38.8. The molecule has 1 aliphatic heterocycles. The number of hydrogen-bond donors (Lipinski definition) is 1. The second-order valence-corrected chi connectivity index (χ2v) is 8.09. The average molecular weight is 451 g/mol. The Morgan fingerprint density at radius 3 is 2.19 bits per heavy atom. The maximum atomic E-state index is 13.3. The second-order valence-electron chi connectivity index (χ2n) is 7.69. The lowest BCUT2D eigenvalue weighted by molar-refractivity contribution is -0.197. The molecule has 4 rings (SSSR count). The number of nitrogens with zero attached hydrogens (tertiary/aromatic N) is 1. The molecule has 1 heterocycles. The molecule has 2 aliphatic rings. The molecule has 1 fully saturated rings. The first kappa shape index (κ1) is 21.4. The minimum atomic E-state index is -4.44. The van der Waals surface area contributed by atoms with Crippen LogP contribution >= 0.6 is 11.6 Å². The van der Waals surface area contributed by atoms with E-state index in [-0.39, 0.29) is 40.4 Å². The third-order valence-corrected chi connectivity index (χ3v) is 6.08. The van der Waals surface area contributed by atoms with Crippen molar-refractivity contribution >= 4 is 40.7 Å². The van der Waals surface area contributed by atoms with Crippen LogP contribution in [-0.2, 0) is 4.79 Å². The first-order valence-electron chi connectivity index (χ1n) is 9.83. The predicted octanol–water partition coefficient (Wildman–Crippen LogP) is 5.45. The number of rotatable bonds is 3. The van der Waals surface area contributed by atoms with Crippen LogP contribution in [0.5, 0.6) is 0 Å². The van der Waals surface area contributed by atoms with E-state index in [0.717, 1.165) is 4.90 Å². The summed E-state index contributed by atoms with van der Waals surface area (Å²) in [5, 5.41) is 2.52. The first-order valence-corrected chi connectivity index (χ1v) is 10.2. The molecule has 5 nitrogen and oxygen atoms in total. The van der Waals surface area contributed by atoms with Gasteiger partial charge in [0.2, 0.25) is 5.91 Å². The molecule has 1 saturated carbocycles. The molecular formula is C22H18ClF3N2O3. The van der Waals surface area contributed by atoms with Crippen LogP contribution in [-0.4, -0.2) is 23.9 Å². The molecule has 2 unspecified atom stereocenters. The zero-order chi connectivity index (χ0) is 22.3. The molecule has 0 spiro atoms. The summed E-state index contributed by atoms with van der Waals surface area (Å²) in [5.41, 5.74) is 0.853. The predicted molar refractivity (Wildman–Crippen MR) is 109 cm³/mol. The van der Waals surface area contributed by atoms with Crippen molar-refractivity contribution in [2.45, 2.75) is 31.9 Å². The van der Waals surface area contributed by atoms with Gasteiger partial charge in [0.25, 0.3) is 11.8 Å². The fourth-order valence-electron chi connectivity index (χ4n) is 4.25. The van der Waals surface area contributed by atoms with Gasteiger partial charge in [-0.3, -0.25) is 14.4 Å². The van der Waals surface area contributed by atoms with E-state index >= 15 is 0 Å². The topological polar surface area (TPSA) is 66.5 Å². The standard InChI is InChI=1S/C22H18ClF3N2O3/c23-17-11-12(27-19(29)15-7-3-4-8-16(15)22(24,25)26)9-10-18(17)28-20(30)13-5-1-2-6-14(13)21(28)31/h1-2,5-6,9-11,15-16H,3-4,7-8H2,(H,27,29). The van der Waals surface area contributed by atoms with Crippen molar-refractivity contribution in [3.05, 3.63) is 58.6 Å². The van der Waals surface area contributed by atoms with Gasteiger partial charge in [-0.2, -0.15) is 13.2 Å². The molecule has 2 aromatic carbocycles. The van der Waals surface area contributed by atoms with Gasteiger partial charge in [-0.05, 0) is 43.2 Å². The molecule has 0 saturated heterocycles. The van der Waals surface area contributed by atoms with Gasteiger partial charge in [0.1, 0.15) is 0 Å². The molecule has 9 heteroatoms. The van der Waals surface area contributed by atoms with Gasteiger partial charge in [0.05, 0.1) is 27.8 Å². The van der Waals surface area contributed by atoms with E-state index in [2.05, 4.69) is 5.32 Å². The molecule has 0 radical (unpaired) electrons. The Labute approximate surface area is 181 Å². The number of fused-ring (bicyclic) bond motifs is 1. The Hall–Kier alpha value is -2.87. The summed E-state index contributed by atoms with van der Waals surface area (Å²) in [5.74, 6) is -4.59. The summed E-state index contributed by atoms with van der Waals surface area (Å²) in [6, 6.07) is 10.5.